The molecule has 0 saturated carbocycles. The van der Waals surface area contributed by atoms with Crippen LogP contribution >= 0.6 is 24.0 Å². The van der Waals surface area contributed by atoms with Gasteiger partial charge < -0.3 is 25.0 Å². The van der Waals surface area contributed by atoms with Gasteiger partial charge in [-0.1, -0.05) is 18.2 Å². The van der Waals surface area contributed by atoms with Crippen molar-refractivity contribution in [2.75, 3.05) is 54.1 Å². The summed E-state index contributed by atoms with van der Waals surface area (Å²) < 4.78 is 47.0. The monoisotopic (exact) mass is 518 g/mol. The number of halogens is 4. The molecule has 6 nitrogen and oxygen atoms in total. The molecule has 0 fully saturated rings. The molecular weight excluding hydrogens is 488 g/mol. The lowest BCUT2D eigenvalue weighted by Gasteiger charge is -2.18. The topological polar surface area (TPSA) is 58.1 Å². The zero-order valence-corrected chi connectivity index (χ0v) is 18.8. The van der Waals surface area contributed by atoms with E-state index in [9.17, 15) is 13.2 Å². The molecular formula is C18H30F3IN4O2. The number of methoxy groups -OCH3 is 1. The van der Waals surface area contributed by atoms with Crippen molar-refractivity contribution in [3.8, 4) is 5.75 Å². The van der Waals surface area contributed by atoms with Gasteiger partial charge in [-0.2, -0.15) is 13.2 Å². The molecule has 0 radical (unpaired) electrons. The number of guanidine groups is 1. The van der Waals surface area contributed by atoms with E-state index in [1.165, 1.54) is 6.07 Å². The Balaban J connectivity index is 0.00000729. The van der Waals surface area contributed by atoms with Crippen LogP contribution in [0.3, 0.4) is 0 Å². The van der Waals surface area contributed by atoms with Crippen molar-refractivity contribution in [1.29, 1.82) is 0 Å². The largest absolute Gasteiger partial charge is 0.484 e. The predicted octanol–water partition coefficient (Wildman–Crippen LogP) is 2.88. The summed E-state index contributed by atoms with van der Waals surface area (Å²) in [6, 6.07) is 6.63. The van der Waals surface area contributed by atoms with E-state index < -0.39 is 12.8 Å². The highest BCUT2D eigenvalue weighted by molar-refractivity contribution is 14.0. The Hall–Kier alpha value is -1.27. The molecule has 2 N–H and O–H groups in total. The van der Waals surface area contributed by atoms with E-state index in [1.54, 1.807) is 32.4 Å². The summed E-state index contributed by atoms with van der Waals surface area (Å²) in [6.45, 7) is 2.18. The molecule has 0 aromatic heterocycles. The number of ether oxygens (including phenoxy) is 2. The summed E-state index contributed by atoms with van der Waals surface area (Å²) in [5.41, 5.74) is 0.626. The van der Waals surface area contributed by atoms with Crippen LogP contribution in [0.2, 0.25) is 0 Å². The van der Waals surface area contributed by atoms with Gasteiger partial charge in [-0.3, -0.25) is 4.99 Å². The van der Waals surface area contributed by atoms with Crippen LogP contribution in [0.1, 0.15) is 12.0 Å². The van der Waals surface area contributed by atoms with E-state index in [1.807, 2.05) is 7.05 Å². The van der Waals surface area contributed by atoms with Crippen LogP contribution in [0.5, 0.6) is 5.75 Å². The lowest BCUT2D eigenvalue weighted by atomic mass is 10.2. The normalized spacial score (nSPS) is 11.9. The molecule has 0 unspecified atom stereocenters. The van der Waals surface area contributed by atoms with Crippen molar-refractivity contribution in [2.45, 2.75) is 19.1 Å². The fraction of sp³-hybridized carbons (Fsp3) is 0.611. The minimum Gasteiger partial charge on any atom is -0.484 e. The van der Waals surface area contributed by atoms with Crippen LogP contribution in [0.4, 0.5) is 13.2 Å². The number of benzene rings is 1. The number of alkyl halides is 3. The molecule has 0 atom stereocenters. The first-order valence-electron chi connectivity index (χ1n) is 8.75. The maximum absolute atomic E-state index is 12.4. The van der Waals surface area contributed by atoms with Crippen molar-refractivity contribution in [1.82, 2.24) is 15.5 Å². The van der Waals surface area contributed by atoms with Crippen molar-refractivity contribution in [3.63, 3.8) is 0 Å². The van der Waals surface area contributed by atoms with Gasteiger partial charge in [0.05, 0.1) is 0 Å². The summed E-state index contributed by atoms with van der Waals surface area (Å²) in [6.07, 6.45) is -3.40. The Kier molecular flexibility index (Phi) is 14.0. The van der Waals surface area contributed by atoms with E-state index in [4.69, 9.17) is 9.47 Å². The summed E-state index contributed by atoms with van der Waals surface area (Å²) in [5, 5.41) is 6.27. The van der Waals surface area contributed by atoms with Crippen LogP contribution in [-0.4, -0.2) is 71.1 Å². The second-order valence-electron chi connectivity index (χ2n) is 6.01. The van der Waals surface area contributed by atoms with E-state index in [0.29, 0.717) is 24.6 Å². The average molecular weight is 518 g/mol. The fourth-order valence-electron chi connectivity index (χ4n) is 2.31. The summed E-state index contributed by atoms with van der Waals surface area (Å²) in [4.78, 5) is 6.31. The summed E-state index contributed by atoms with van der Waals surface area (Å²) >= 11 is 0. The van der Waals surface area contributed by atoms with E-state index in [0.717, 1.165) is 26.1 Å². The second kappa shape index (κ2) is 14.7. The van der Waals surface area contributed by atoms with Gasteiger partial charge in [0, 0.05) is 52.5 Å². The molecule has 0 aliphatic rings. The van der Waals surface area contributed by atoms with Gasteiger partial charge in [0.1, 0.15) is 5.75 Å². The molecule has 0 aliphatic heterocycles. The number of para-hydroxylation sites is 1. The van der Waals surface area contributed by atoms with Crippen molar-refractivity contribution >= 4 is 29.9 Å². The Labute approximate surface area is 181 Å². The standard InChI is InChI=1S/C18H29F3N4O2.HI/c1-22-17(23-9-11-25(2)10-6-12-26-3)24-13-15-7-4-5-8-16(15)27-14-18(19,20)21;/h4-5,7-8H,6,9-14H2,1-3H3,(H2,22,23,24);1H. The maximum atomic E-state index is 12.4. The van der Waals surface area contributed by atoms with Crippen LogP contribution < -0.4 is 15.4 Å². The number of hydrogen-bond acceptors (Lipinski definition) is 4. The molecule has 0 amide bonds. The lowest BCUT2D eigenvalue weighted by Crippen LogP contribution is -2.40. The third-order valence-corrected chi connectivity index (χ3v) is 3.71. The number of nitrogens with one attached hydrogen (secondary N) is 2. The first-order valence-corrected chi connectivity index (χ1v) is 8.75. The predicted molar refractivity (Wildman–Crippen MR) is 116 cm³/mol. The average Bonchev–Trinajstić information content (AvgIpc) is 2.63. The third-order valence-electron chi connectivity index (χ3n) is 3.71. The highest BCUT2D eigenvalue weighted by Crippen LogP contribution is 2.21. The van der Waals surface area contributed by atoms with Gasteiger partial charge in [0.15, 0.2) is 12.6 Å². The first kappa shape index (κ1) is 26.7. The van der Waals surface area contributed by atoms with Gasteiger partial charge in [-0.25, -0.2) is 0 Å². The molecule has 0 saturated heterocycles. The minimum absolute atomic E-state index is 0. The minimum atomic E-state index is -4.37. The van der Waals surface area contributed by atoms with Gasteiger partial charge in [-0.15, -0.1) is 24.0 Å². The molecule has 0 bridgehead atoms. The Morgan fingerprint density at radius 3 is 2.54 bits per heavy atom. The molecule has 1 aromatic carbocycles. The summed E-state index contributed by atoms with van der Waals surface area (Å²) in [5.74, 6) is 0.779. The number of hydrogen-bond donors (Lipinski definition) is 2. The van der Waals surface area contributed by atoms with Crippen LogP contribution in [0.25, 0.3) is 0 Å². The Morgan fingerprint density at radius 2 is 1.89 bits per heavy atom. The molecule has 10 heteroatoms. The van der Waals surface area contributed by atoms with Gasteiger partial charge in [0.25, 0.3) is 0 Å². The highest BCUT2D eigenvalue weighted by Gasteiger charge is 2.28. The van der Waals surface area contributed by atoms with E-state index in [-0.39, 0.29) is 29.7 Å². The van der Waals surface area contributed by atoms with Gasteiger partial charge >= 0.3 is 6.18 Å². The van der Waals surface area contributed by atoms with Crippen LogP contribution in [0, 0.1) is 0 Å². The number of aliphatic imine (C=N–C) groups is 1. The SMILES string of the molecule is CN=C(NCCN(C)CCCOC)NCc1ccccc1OCC(F)(F)F.I. The lowest BCUT2D eigenvalue weighted by molar-refractivity contribution is -0.153. The smallest absolute Gasteiger partial charge is 0.422 e. The molecule has 0 aliphatic carbocycles. The molecule has 162 valence electrons. The van der Waals surface area contributed by atoms with E-state index in [2.05, 4.69) is 20.5 Å². The van der Waals surface area contributed by atoms with Crippen molar-refractivity contribution in [2.24, 2.45) is 4.99 Å². The molecule has 28 heavy (non-hydrogen) atoms. The van der Waals surface area contributed by atoms with Crippen molar-refractivity contribution < 1.29 is 22.6 Å². The zero-order valence-electron chi connectivity index (χ0n) is 16.5. The maximum Gasteiger partial charge on any atom is 0.422 e. The first-order chi connectivity index (χ1) is 12.9. The zero-order chi connectivity index (χ0) is 20.1. The Bertz CT molecular complexity index is 574. The molecule has 1 rings (SSSR count). The molecule has 0 spiro atoms. The quantitative estimate of drug-likeness (QED) is 0.204. The molecule has 0 heterocycles. The third kappa shape index (κ3) is 12.2. The van der Waals surface area contributed by atoms with Gasteiger partial charge in [-0.05, 0) is 19.5 Å². The molecule has 1 aromatic rings. The second-order valence-corrected chi connectivity index (χ2v) is 6.01. The number of likely N-dealkylation sites (N-methyl/N-ethyl adjacent to an activating group) is 1. The van der Waals surface area contributed by atoms with Crippen LogP contribution in [0.15, 0.2) is 29.3 Å². The van der Waals surface area contributed by atoms with E-state index >= 15 is 0 Å². The fourth-order valence-corrected chi connectivity index (χ4v) is 2.31. The Morgan fingerprint density at radius 1 is 1.18 bits per heavy atom. The highest BCUT2D eigenvalue weighted by atomic mass is 127. The van der Waals surface area contributed by atoms with Crippen LogP contribution in [-0.2, 0) is 11.3 Å². The number of nitrogens with zero attached hydrogens (tertiary/aromatic N) is 2. The number of rotatable bonds is 11. The van der Waals surface area contributed by atoms with Gasteiger partial charge in [0.2, 0.25) is 0 Å². The van der Waals surface area contributed by atoms with Crippen molar-refractivity contribution in [3.05, 3.63) is 29.8 Å². The summed E-state index contributed by atoms with van der Waals surface area (Å²) in [7, 11) is 5.36.